The highest BCUT2D eigenvalue weighted by Gasteiger charge is 2.33. The van der Waals surface area contributed by atoms with Gasteiger partial charge in [-0.3, -0.25) is 14.6 Å². The number of aromatic nitrogens is 1. The summed E-state index contributed by atoms with van der Waals surface area (Å²) in [5, 5.41) is 2.85. The van der Waals surface area contributed by atoms with Crippen LogP contribution in [0.1, 0.15) is 40.3 Å². The Labute approximate surface area is 184 Å². The first-order valence-corrected chi connectivity index (χ1v) is 10.8. The van der Waals surface area contributed by atoms with Crippen LogP contribution in [0, 0.1) is 0 Å². The molecule has 1 aromatic heterocycles. The lowest BCUT2D eigenvalue weighted by Crippen LogP contribution is -2.41. The van der Waals surface area contributed by atoms with E-state index < -0.39 is 11.7 Å². The zero-order chi connectivity index (χ0) is 22.6. The summed E-state index contributed by atoms with van der Waals surface area (Å²) in [6, 6.07) is 5.79. The van der Waals surface area contributed by atoms with Crippen LogP contribution >= 0.6 is 0 Å². The Balaban J connectivity index is 1.46. The van der Waals surface area contributed by atoms with Gasteiger partial charge in [0.1, 0.15) is 6.26 Å². The highest BCUT2D eigenvalue weighted by Crippen LogP contribution is 2.32. The van der Waals surface area contributed by atoms with E-state index in [1.807, 2.05) is 4.90 Å². The number of nitrogens with zero attached hydrogens (tertiary/aromatic N) is 3. The molecule has 1 aliphatic carbocycles. The number of halogens is 3. The quantitative estimate of drug-likeness (QED) is 0.631. The molecule has 1 aliphatic heterocycles. The maximum Gasteiger partial charge on any atom is 0.416 e. The van der Waals surface area contributed by atoms with E-state index in [9.17, 15) is 18.0 Å². The molecule has 2 heterocycles. The number of nitrogens with one attached hydrogen (secondary N) is 1. The molecule has 1 saturated heterocycles. The largest absolute Gasteiger partial charge is 0.447 e. The first-order valence-electron chi connectivity index (χ1n) is 10.8. The second kappa shape index (κ2) is 10.0. The van der Waals surface area contributed by atoms with Gasteiger partial charge >= 0.3 is 6.18 Å². The predicted octanol–water partition coefficient (Wildman–Crippen LogP) is 2.92. The molecular weight excluding hydrogens is 425 g/mol. The topological polar surface area (TPSA) is 70.8 Å². The van der Waals surface area contributed by atoms with Crippen LogP contribution < -0.4 is 5.32 Å². The molecule has 1 N–H and O–H groups in total. The van der Waals surface area contributed by atoms with Crippen LogP contribution in [0.5, 0.6) is 0 Å². The minimum atomic E-state index is -4.43. The van der Waals surface area contributed by atoms with Crippen molar-refractivity contribution in [2.45, 2.75) is 38.1 Å². The van der Waals surface area contributed by atoms with Gasteiger partial charge < -0.3 is 14.5 Å². The summed E-state index contributed by atoms with van der Waals surface area (Å²) in [5.74, 6) is 0.0159. The molecule has 0 bridgehead atoms. The molecule has 1 amide bonds. The molecule has 0 unspecified atom stereocenters. The minimum absolute atomic E-state index is 0.0893. The zero-order valence-electron chi connectivity index (χ0n) is 17.7. The smallest absolute Gasteiger partial charge is 0.416 e. The number of morpholine rings is 1. The SMILES string of the molecule is O=C(NC1CC1)c1coc(CN(CCN2CCOCC2)Cc2ccccc2C(F)(F)F)n1. The molecule has 0 atom stereocenters. The van der Waals surface area contributed by atoms with E-state index in [-0.39, 0.29) is 36.3 Å². The van der Waals surface area contributed by atoms with Gasteiger partial charge in [-0.1, -0.05) is 18.2 Å². The van der Waals surface area contributed by atoms with Crippen molar-refractivity contribution in [2.24, 2.45) is 0 Å². The van der Waals surface area contributed by atoms with E-state index in [4.69, 9.17) is 9.15 Å². The summed E-state index contributed by atoms with van der Waals surface area (Å²) in [5.41, 5.74) is -0.260. The van der Waals surface area contributed by atoms with Gasteiger partial charge in [-0.15, -0.1) is 0 Å². The average Bonchev–Trinajstić information content (AvgIpc) is 3.46. The van der Waals surface area contributed by atoms with Crippen LogP contribution in [-0.4, -0.2) is 66.1 Å². The molecule has 7 nitrogen and oxygen atoms in total. The van der Waals surface area contributed by atoms with Crippen molar-refractivity contribution in [1.82, 2.24) is 20.1 Å². The third-order valence-electron chi connectivity index (χ3n) is 5.61. The fraction of sp³-hybridized carbons (Fsp3) is 0.545. The van der Waals surface area contributed by atoms with E-state index in [0.717, 1.165) is 32.0 Å². The highest BCUT2D eigenvalue weighted by atomic mass is 19.4. The van der Waals surface area contributed by atoms with Crippen LogP contribution in [0.4, 0.5) is 13.2 Å². The van der Waals surface area contributed by atoms with Gasteiger partial charge in [0.25, 0.3) is 5.91 Å². The van der Waals surface area contributed by atoms with Gasteiger partial charge in [-0.05, 0) is 24.5 Å². The standard InChI is InChI=1S/C22H27F3N4O3/c23-22(24,25)18-4-2-1-3-16(18)13-29(8-7-28-9-11-31-12-10-28)14-20-27-19(15-32-20)21(30)26-17-5-6-17/h1-4,15,17H,5-14H2,(H,26,30). The van der Waals surface area contributed by atoms with Crippen LogP contribution in [0.25, 0.3) is 0 Å². The van der Waals surface area contributed by atoms with Gasteiger partial charge in [0.2, 0.25) is 5.89 Å². The lowest BCUT2D eigenvalue weighted by molar-refractivity contribution is -0.138. The van der Waals surface area contributed by atoms with Gasteiger partial charge in [-0.25, -0.2) is 4.98 Å². The second-order valence-electron chi connectivity index (χ2n) is 8.19. The number of rotatable bonds is 9. The average molecular weight is 452 g/mol. The molecular formula is C22H27F3N4O3. The molecule has 2 fully saturated rings. The summed E-state index contributed by atoms with van der Waals surface area (Å²) in [6.45, 7) is 4.38. The van der Waals surface area contributed by atoms with Crippen LogP contribution in [-0.2, 0) is 24.0 Å². The van der Waals surface area contributed by atoms with Crippen LogP contribution in [0.15, 0.2) is 34.9 Å². The van der Waals surface area contributed by atoms with Crippen molar-refractivity contribution in [3.8, 4) is 0 Å². The number of benzene rings is 1. The summed E-state index contributed by atoms with van der Waals surface area (Å²) in [6.07, 6.45) is -1.20. The molecule has 0 radical (unpaired) electrons. The van der Waals surface area contributed by atoms with E-state index in [1.54, 1.807) is 6.07 Å². The van der Waals surface area contributed by atoms with Crippen molar-refractivity contribution in [3.63, 3.8) is 0 Å². The molecule has 0 spiro atoms. The first-order chi connectivity index (χ1) is 15.4. The Morgan fingerprint density at radius 1 is 1.19 bits per heavy atom. The maximum atomic E-state index is 13.5. The fourth-order valence-corrected chi connectivity index (χ4v) is 3.66. The van der Waals surface area contributed by atoms with E-state index in [0.29, 0.717) is 32.2 Å². The third kappa shape index (κ3) is 6.30. The Bertz CT molecular complexity index is 908. The van der Waals surface area contributed by atoms with E-state index in [1.165, 1.54) is 18.4 Å². The van der Waals surface area contributed by atoms with Crippen molar-refractivity contribution in [1.29, 1.82) is 0 Å². The molecule has 174 valence electrons. The minimum Gasteiger partial charge on any atom is -0.447 e. The molecule has 2 aromatic rings. The Morgan fingerprint density at radius 2 is 1.94 bits per heavy atom. The molecule has 2 aliphatic rings. The Hall–Kier alpha value is -2.43. The molecule has 32 heavy (non-hydrogen) atoms. The molecule has 10 heteroatoms. The summed E-state index contributed by atoms with van der Waals surface area (Å²) >= 11 is 0. The number of hydrogen-bond donors (Lipinski definition) is 1. The van der Waals surface area contributed by atoms with Crippen LogP contribution in [0.2, 0.25) is 0 Å². The second-order valence-corrected chi connectivity index (χ2v) is 8.19. The molecule has 1 aromatic carbocycles. The van der Waals surface area contributed by atoms with E-state index in [2.05, 4.69) is 15.2 Å². The molecule has 4 rings (SSSR count). The van der Waals surface area contributed by atoms with Crippen LogP contribution in [0.3, 0.4) is 0 Å². The van der Waals surface area contributed by atoms with Crippen molar-refractivity contribution in [3.05, 3.63) is 53.2 Å². The zero-order valence-corrected chi connectivity index (χ0v) is 17.7. The highest BCUT2D eigenvalue weighted by molar-refractivity contribution is 5.92. The number of ether oxygens (including phenoxy) is 1. The van der Waals surface area contributed by atoms with Gasteiger partial charge in [0.05, 0.1) is 25.3 Å². The van der Waals surface area contributed by atoms with Gasteiger partial charge in [0.15, 0.2) is 5.69 Å². The predicted molar refractivity (Wildman–Crippen MR) is 110 cm³/mol. The fourth-order valence-electron chi connectivity index (χ4n) is 3.66. The lowest BCUT2D eigenvalue weighted by Gasteiger charge is -2.30. The van der Waals surface area contributed by atoms with Crippen molar-refractivity contribution < 1.29 is 27.1 Å². The van der Waals surface area contributed by atoms with Gasteiger partial charge in [0, 0.05) is 38.8 Å². The number of hydrogen-bond acceptors (Lipinski definition) is 6. The summed E-state index contributed by atoms with van der Waals surface area (Å²) in [7, 11) is 0. The number of carbonyl (C=O) groups excluding carboxylic acids is 1. The number of carbonyl (C=O) groups is 1. The van der Waals surface area contributed by atoms with Gasteiger partial charge in [-0.2, -0.15) is 13.2 Å². The summed E-state index contributed by atoms with van der Waals surface area (Å²) < 4.78 is 51.3. The monoisotopic (exact) mass is 452 g/mol. The molecule has 1 saturated carbocycles. The number of oxazole rings is 1. The van der Waals surface area contributed by atoms with Crippen molar-refractivity contribution >= 4 is 5.91 Å². The first kappa shape index (κ1) is 22.8. The van der Waals surface area contributed by atoms with Crippen molar-refractivity contribution in [2.75, 3.05) is 39.4 Å². The summed E-state index contributed by atoms with van der Waals surface area (Å²) in [4.78, 5) is 20.5. The third-order valence-corrected chi connectivity index (χ3v) is 5.61. The lowest BCUT2D eigenvalue weighted by atomic mass is 10.1. The van der Waals surface area contributed by atoms with E-state index >= 15 is 0 Å². The normalized spacial score (nSPS) is 17.6. The Morgan fingerprint density at radius 3 is 2.66 bits per heavy atom. The number of amides is 1. The number of alkyl halides is 3. The Kier molecular flexibility index (Phi) is 7.12. The maximum absolute atomic E-state index is 13.5.